The van der Waals surface area contributed by atoms with Crippen molar-refractivity contribution in [3.8, 4) is 0 Å². The monoisotopic (exact) mass is 344 g/mol. The Morgan fingerprint density at radius 2 is 1.29 bits per heavy atom. The van der Waals surface area contributed by atoms with Gasteiger partial charge in [0.15, 0.2) is 6.10 Å². The van der Waals surface area contributed by atoms with Crippen LogP contribution in [-0.4, -0.2) is 37.9 Å². The van der Waals surface area contributed by atoms with Crippen LogP contribution in [-0.2, 0) is 23.8 Å². The van der Waals surface area contributed by atoms with Crippen LogP contribution in [0, 0.1) is 0 Å². The first-order chi connectivity index (χ1) is 11.6. The van der Waals surface area contributed by atoms with Gasteiger partial charge < -0.3 is 14.2 Å². The first-order valence-electron chi connectivity index (χ1n) is 9.44. The Bertz CT molecular complexity index is 317. The van der Waals surface area contributed by atoms with Crippen LogP contribution in [0.2, 0.25) is 0 Å². The average Bonchev–Trinajstić information content (AvgIpc) is 2.52. The van der Waals surface area contributed by atoms with E-state index in [2.05, 4.69) is 6.92 Å². The maximum atomic E-state index is 11.0. The maximum Gasteiger partial charge on any atom is 0.303 e. The van der Waals surface area contributed by atoms with Crippen LogP contribution in [0.15, 0.2) is 0 Å². The van der Waals surface area contributed by atoms with Gasteiger partial charge in [-0.05, 0) is 6.42 Å². The molecule has 0 aromatic heterocycles. The van der Waals surface area contributed by atoms with Gasteiger partial charge in [0.2, 0.25) is 0 Å². The zero-order valence-corrected chi connectivity index (χ0v) is 15.8. The third kappa shape index (κ3) is 17.3. The van der Waals surface area contributed by atoms with Crippen molar-refractivity contribution in [2.24, 2.45) is 0 Å². The van der Waals surface area contributed by atoms with E-state index < -0.39 is 12.1 Å². The lowest BCUT2D eigenvalue weighted by Crippen LogP contribution is -2.28. The Hall–Kier alpha value is -1.10. The summed E-state index contributed by atoms with van der Waals surface area (Å²) in [6.07, 6.45) is 12.3. The lowest BCUT2D eigenvalue weighted by atomic mass is 10.1. The standard InChI is InChI=1S/C19H36O5/c1-4-5-6-7-8-9-10-11-12-13-14-22-15-19(24-18(3)21)16-23-17(2)20/h19H,4-16H2,1-3H3. The molecule has 0 heterocycles. The predicted molar refractivity (Wildman–Crippen MR) is 94.9 cm³/mol. The highest BCUT2D eigenvalue weighted by atomic mass is 16.6. The second-order valence-electron chi connectivity index (χ2n) is 6.29. The molecule has 0 aromatic rings. The van der Waals surface area contributed by atoms with E-state index in [1.165, 1.54) is 65.2 Å². The van der Waals surface area contributed by atoms with Crippen molar-refractivity contribution in [1.29, 1.82) is 0 Å². The number of esters is 2. The van der Waals surface area contributed by atoms with Gasteiger partial charge in [0.05, 0.1) is 6.61 Å². The van der Waals surface area contributed by atoms with Gasteiger partial charge in [-0.25, -0.2) is 0 Å². The minimum absolute atomic E-state index is 0.0486. The van der Waals surface area contributed by atoms with Crippen LogP contribution in [0.3, 0.4) is 0 Å². The largest absolute Gasteiger partial charge is 0.462 e. The van der Waals surface area contributed by atoms with Crippen LogP contribution in [0.5, 0.6) is 0 Å². The van der Waals surface area contributed by atoms with Crippen molar-refractivity contribution >= 4 is 11.9 Å². The normalized spacial score (nSPS) is 12.0. The smallest absolute Gasteiger partial charge is 0.303 e. The minimum Gasteiger partial charge on any atom is -0.462 e. The summed E-state index contributed by atoms with van der Waals surface area (Å²) in [5.41, 5.74) is 0. The summed E-state index contributed by atoms with van der Waals surface area (Å²) >= 11 is 0. The van der Waals surface area contributed by atoms with E-state index in [1.807, 2.05) is 0 Å². The zero-order valence-electron chi connectivity index (χ0n) is 15.8. The summed E-state index contributed by atoms with van der Waals surface area (Å²) < 4.78 is 15.5. The minimum atomic E-state index is -0.519. The lowest BCUT2D eigenvalue weighted by Gasteiger charge is -2.16. The van der Waals surface area contributed by atoms with Crippen LogP contribution in [0.1, 0.15) is 85.0 Å². The number of hydrogen-bond acceptors (Lipinski definition) is 5. The third-order valence-corrected chi connectivity index (χ3v) is 3.75. The third-order valence-electron chi connectivity index (χ3n) is 3.75. The van der Waals surface area contributed by atoms with Crippen molar-refractivity contribution in [3.05, 3.63) is 0 Å². The fourth-order valence-electron chi connectivity index (χ4n) is 2.47. The van der Waals surface area contributed by atoms with Crippen molar-refractivity contribution < 1.29 is 23.8 Å². The number of carbonyl (C=O) groups excluding carboxylic acids is 2. The Balaban J connectivity index is 3.47. The van der Waals surface area contributed by atoms with Crippen molar-refractivity contribution in [2.45, 2.75) is 91.1 Å². The van der Waals surface area contributed by atoms with Gasteiger partial charge in [0.1, 0.15) is 6.61 Å². The number of ether oxygens (including phenoxy) is 3. The maximum absolute atomic E-state index is 11.0. The summed E-state index contributed by atoms with van der Waals surface area (Å²) in [5, 5.41) is 0. The number of hydrogen-bond donors (Lipinski definition) is 0. The SMILES string of the molecule is CCCCCCCCCCCCOCC(COC(C)=O)OC(C)=O. The second kappa shape index (κ2) is 16.7. The van der Waals surface area contributed by atoms with Gasteiger partial charge in [0, 0.05) is 20.5 Å². The summed E-state index contributed by atoms with van der Waals surface area (Å²) in [4.78, 5) is 21.8. The van der Waals surface area contributed by atoms with Crippen molar-refractivity contribution in [3.63, 3.8) is 0 Å². The van der Waals surface area contributed by atoms with Crippen molar-refractivity contribution in [1.82, 2.24) is 0 Å². The molecule has 5 nitrogen and oxygen atoms in total. The molecule has 0 radical (unpaired) electrons. The van der Waals surface area contributed by atoms with E-state index in [-0.39, 0.29) is 19.2 Å². The molecule has 0 saturated heterocycles. The Labute approximate surface area is 147 Å². The zero-order chi connectivity index (χ0) is 18.0. The summed E-state index contributed by atoms with van der Waals surface area (Å²) in [6.45, 7) is 5.87. The first-order valence-corrected chi connectivity index (χ1v) is 9.44. The topological polar surface area (TPSA) is 61.8 Å². The van der Waals surface area contributed by atoms with E-state index in [9.17, 15) is 9.59 Å². The molecule has 0 N–H and O–H groups in total. The molecule has 0 spiro atoms. The van der Waals surface area contributed by atoms with Gasteiger partial charge in [-0.2, -0.15) is 0 Å². The number of unbranched alkanes of at least 4 members (excludes halogenated alkanes) is 9. The summed E-state index contributed by atoms with van der Waals surface area (Å²) in [7, 11) is 0. The van der Waals surface area contributed by atoms with E-state index in [1.54, 1.807) is 0 Å². The van der Waals surface area contributed by atoms with E-state index in [0.29, 0.717) is 6.61 Å². The lowest BCUT2D eigenvalue weighted by molar-refractivity contribution is -0.159. The van der Waals surface area contributed by atoms with Gasteiger partial charge in [-0.15, -0.1) is 0 Å². The second-order valence-corrected chi connectivity index (χ2v) is 6.29. The molecule has 0 aliphatic carbocycles. The fourth-order valence-corrected chi connectivity index (χ4v) is 2.47. The molecular weight excluding hydrogens is 308 g/mol. The molecule has 0 bridgehead atoms. The molecule has 0 aliphatic heterocycles. The van der Waals surface area contributed by atoms with Gasteiger partial charge in [-0.3, -0.25) is 9.59 Å². The molecule has 1 atom stereocenters. The van der Waals surface area contributed by atoms with Crippen LogP contribution in [0.4, 0.5) is 0 Å². The van der Waals surface area contributed by atoms with E-state index >= 15 is 0 Å². The first kappa shape index (κ1) is 22.9. The van der Waals surface area contributed by atoms with Gasteiger partial charge >= 0.3 is 11.9 Å². The van der Waals surface area contributed by atoms with E-state index in [0.717, 1.165) is 12.8 Å². The molecule has 0 rings (SSSR count). The van der Waals surface area contributed by atoms with Crippen LogP contribution < -0.4 is 0 Å². The Kier molecular flexibility index (Phi) is 16.0. The quantitative estimate of drug-likeness (QED) is 0.306. The highest BCUT2D eigenvalue weighted by Gasteiger charge is 2.14. The molecule has 0 amide bonds. The molecule has 24 heavy (non-hydrogen) atoms. The van der Waals surface area contributed by atoms with Crippen molar-refractivity contribution in [2.75, 3.05) is 19.8 Å². The van der Waals surface area contributed by atoms with Gasteiger partial charge in [0.25, 0.3) is 0 Å². The molecule has 0 aliphatic rings. The van der Waals surface area contributed by atoms with Crippen LogP contribution in [0.25, 0.3) is 0 Å². The Morgan fingerprint density at radius 1 is 0.750 bits per heavy atom. The molecule has 0 fully saturated rings. The van der Waals surface area contributed by atoms with E-state index in [4.69, 9.17) is 14.2 Å². The number of rotatable bonds is 16. The Morgan fingerprint density at radius 3 is 1.79 bits per heavy atom. The molecular formula is C19H36O5. The predicted octanol–water partition coefficient (Wildman–Crippen LogP) is 4.42. The molecule has 1 unspecified atom stereocenters. The molecule has 0 saturated carbocycles. The van der Waals surface area contributed by atoms with Crippen LogP contribution >= 0.6 is 0 Å². The fraction of sp³-hybridized carbons (Fsp3) is 0.895. The summed E-state index contributed by atoms with van der Waals surface area (Å²) in [6, 6.07) is 0. The highest BCUT2D eigenvalue weighted by Crippen LogP contribution is 2.10. The molecule has 5 heteroatoms. The number of carbonyl (C=O) groups is 2. The van der Waals surface area contributed by atoms with Gasteiger partial charge in [-0.1, -0.05) is 64.7 Å². The molecule has 0 aromatic carbocycles. The molecule has 142 valence electrons. The average molecular weight is 344 g/mol. The highest BCUT2D eigenvalue weighted by molar-refractivity contribution is 5.67. The summed E-state index contributed by atoms with van der Waals surface area (Å²) in [5.74, 6) is -0.781.